The highest BCUT2D eigenvalue weighted by Crippen LogP contribution is 2.36. The van der Waals surface area contributed by atoms with E-state index in [2.05, 4.69) is 29.2 Å². The van der Waals surface area contributed by atoms with Crippen molar-refractivity contribution in [3.63, 3.8) is 0 Å². The fourth-order valence-corrected chi connectivity index (χ4v) is 2.34. The molecule has 1 saturated carbocycles. The largest absolute Gasteiger partial charge is 0.474 e. The number of hydrogen-bond acceptors (Lipinski definition) is 5. The number of rotatable bonds is 3. The molecule has 0 bridgehead atoms. The number of hydrogen-bond donors (Lipinski definition) is 2. The minimum absolute atomic E-state index is 0.262. The van der Waals surface area contributed by atoms with Crippen LogP contribution in [-0.4, -0.2) is 16.1 Å². The number of ether oxygens (including phenoxy) is 1. The molecule has 0 aliphatic heterocycles. The third-order valence-corrected chi connectivity index (χ3v) is 3.54. The minimum atomic E-state index is 0.262. The van der Waals surface area contributed by atoms with Crippen LogP contribution in [0.3, 0.4) is 0 Å². The summed E-state index contributed by atoms with van der Waals surface area (Å²) < 4.78 is 5.93. The fourth-order valence-electron chi connectivity index (χ4n) is 2.34. The zero-order valence-electron chi connectivity index (χ0n) is 11.4. The molecule has 1 aromatic heterocycles. The fraction of sp³-hybridized carbons (Fsp3) is 0.692. The molecule has 0 unspecified atom stereocenters. The molecule has 1 aliphatic rings. The second-order valence-corrected chi connectivity index (χ2v) is 5.76. The van der Waals surface area contributed by atoms with Crippen LogP contribution < -0.4 is 16.0 Å². The maximum absolute atomic E-state index is 5.93. The highest BCUT2D eigenvalue weighted by molar-refractivity contribution is 5.36. The lowest BCUT2D eigenvalue weighted by Crippen LogP contribution is -2.28. The number of aryl methyl sites for hydroxylation is 1. The number of nitrogens with one attached hydrogen (secondary N) is 1. The van der Waals surface area contributed by atoms with E-state index < -0.39 is 0 Å². The zero-order chi connectivity index (χ0) is 13.2. The quantitative estimate of drug-likeness (QED) is 0.636. The Morgan fingerprint density at radius 3 is 2.61 bits per heavy atom. The second-order valence-electron chi connectivity index (χ2n) is 5.76. The van der Waals surface area contributed by atoms with Gasteiger partial charge < -0.3 is 10.2 Å². The van der Waals surface area contributed by atoms with Crippen molar-refractivity contribution >= 4 is 5.82 Å². The first-order valence-corrected chi connectivity index (χ1v) is 6.47. The molecule has 0 radical (unpaired) electrons. The molecule has 0 aromatic carbocycles. The number of nitrogens with zero attached hydrogens (tertiary/aromatic N) is 2. The standard InChI is InChI=1S/C13H22N4O/c1-9-15-11(17-14)8-12(16-9)18-10-4-6-13(2,3)7-5-10/h8,10H,4-7,14H2,1-3H3,(H,15,16,17). The van der Waals surface area contributed by atoms with Crippen molar-refractivity contribution in [1.82, 2.24) is 9.97 Å². The lowest BCUT2D eigenvalue weighted by atomic mass is 9.76. The van der Waals surface area contributed by atoms with Gasteiger partial charge in [0, 0.05) is 6.07 Å². The lowest BCUT2D eigenvalue weighted by Gasteiger charge is -2.34. The van der Waals surface area contributed by atoms with Crippen molar-refractivity contribution in [2.24, 2.45) is 11.3 Å². The topological polar surface area (TPSA) is 73.1 Å². The van der Waals surface area contributed by atoms with Crippen LogP contribution in [0.2, 0.25) is 0 Å². The van der Waals surface area contributed by atoms with Gasteiger partial charge in [-0.3, -0.25) is 0 Å². The van der Waals surface area contributed by atoms with Crippen LogP contribution in [-0.2, 0) is 0 Å². The average molecular weight is 250 g/mol. The van der Waals surface area contributed by atoms with Gasteiger partial charge in [-0.05, 0) is 38.0 Å². The Kier molecular flexibility index (Phi) is 3.71. The lowest BCUT2D eigenvalue weighted by molar-refractivity contribution is 0.0947. The molecular weight excluding hydrogens is 228 g/mol. The Bertz CT molecular complexity index is 409. The summed E-state index contributed by atoms with van der Waals surface area (Å²) in [6.07, 6.45) is 4.83. The summed E-state index contributed by atoms with van der Waals surface area (Å²) in [5.74, 6) is 7.23. The van der Waals surface area contributed by atoms with E-state index in [-0.39, 0.29) is 6.10 Å². The van der Waals surface area contributed by atoms with E-state index in [1.54, 1.807) is 6.07 Å². The smallest absolute Gasteiger partial charge is 0.219 e. The highest BCUT2D eigenvalue weighted by Gasteiger charge is 2.28. The van der Waals surface area contributed by atoms with Crippen LogP contribution in [0.15, 0.2) is 6.07 Å². The minimum Gasteiger partial charge on any atom is -0.474 e. The molecule has 3 N–H and O–H groups in total. The monoisotopic (exact) mass is 250 g/mol. The molecule has 2 rings (SSSR count). The van der Waals surface area contributed by atoms with E-state index >= 15 is 0 Å². The first-order chi connectivity index (χ1) is 8.48. The average Bonchev–Trinajstić information content (AvgIpc) is 2.31. The third-order valence-electron chi connectivity index (χ3n) is 3.54. The van der Waals surface area contributed by atoms with Crippen molar-refractivity contribution in [3.05, 3.63) is 11.9 Å². The zero-order valence-corrected chi connectivity index (χ0v) is 11.4. The third kappa shape index (κ3) is 3.32. The SMILES string of the molecule is Cc1nc(NN)cc(OC2CCC(C)(C)CC2)n1. The van der Waals surface area contributed by atoms with Gasteiger partial charge in [0.2, 0.25) is 5.88 Å². The van der Waals surface area contributed by atoms with E-state index in [4.69, 9.17) is 10.6 Å². The summed E-state index contributed by atoms with van der Waals surface area (Å²) in [6.45, 7) is 6.46. The molecule has 1 heterocycles. The molecule has 100 valence electrons. The van der Waals surface area contributed by atoms with E-state index in [1.165, 1.54) is 12.8 Å². The van der Waals surface area contributed by atoms with Gasteiger partial charge in [-0.25, -0.2) is 10.8 Å². The highest BCUT2D eigenvalue weighted by atomic mass is 16.5. The maximum Gasteiger partial charge on any atom is 0.219 e. The van der Waals surface area contributed by atoms with Crippen molar-refractivity contribution in [2.75, 3.05) is 5.43 Å². The second kappa shape index (κ2) is 5.10. The van der Waals surface area contributed by atoms with Crippen LogP contribution in [0.1, 0.15) is 45.4 Å². The summed E-state index contributed by atoms with van der Waals surface area (Å²) in [7, 11) is 0. The first-order valence-electron chi connectivity index (χ1n) is 6.47. The summed E-state index contributed by atoms with van der Waals surface area (Å²) in [4.78, 5) is 8.42. The Balaban J connectivity index is 2.00. The molecule has 1 aromatic rings. The number of aromatic nitrogens is 2. The van der Waals surface area contributed by atoms with Crippen LogP contribution in [0, 0.1) is 12.3 Å². The van der Waals surface area contributed by atoms with Gasteiger partial charge in [0.15, 0.2) is 0 Å². The molecule has 1 aliphatic carbocycles. The Labute approximate surface area is 108 Å². The number of nitrogens with two attached hydrogens (primary N) is 1. The first kappa shape index (κ1) is 13.1. The van der Waals surface area contributed by atoms with Gasteiger partial charge >= 0.3 is 0 Å². The Morgan fingerprint density at radius 1 is 1.33 bits per heavy atom. The van der Waals surface area contributed by atoms with Crippen molar-refractivity contribution in [1.29, 1.82) is 0 Å². The predicted molar refractivity (Wildman–Crippen MR) is 71.2 cm³/mol. The van der Waals surface area contributed by atoms with Gasteiger partial charge in [0.1, 0.15) is 17.7 Å². The predicted octanol–water partition coefficient (Wildman–Crippen LogP) is 2.42. The number of hydrazine groups is 1. The molecule has 0 atom stereocenters. The molecule has 0 saturated heterocycles. The molecule has 18 heavy (non-hydrogen) atoms. The Morgan fingerprint density at radius 2 is 2.00 bits per heavy atom. The number of anilines is 1. The molecule has 0 amide bonds. The summed E-state index contributed by atoms with van der Waals surface area (Å²) >= 11 is 0. The van der Waals surface area contributed by atoms with Crippen LogP contribution >= 0.6 is 0 Å². The number of nitrogen functional groups attached to an aromatic ring is 1. The molecular formula is C13H22N4O. The summed E-state index contributed by atoms with van der Waals surface area (Å²) in [5.41, 5.74) is 2.98. The van der Waals surface area contributed by atoms with E-state index in [0.29, 0.717) is 22.9 Å². The maximum atomic E-state index is 5.93. The normalized spacial score (nSPS) is 19.6. The van der Waals surface area contributed by atoms with Gasteiger partial charge in [0.25, 0.3) is 0 Å². The van der Waals surface area contributed by atoms with Crippen molar-refractivity contribution in [2.45, 2.75) is 52.6 Å². The van der Waals surface area contributed by atoms with Crippen molar-refractivity contribution < 1.29 is 4.74 Å². The van der Waals surface area contributed by atoms with E-state index in [0.717, 1.165) is 12.8 Å². The molecule has 5 heteroatoms. The summed E-state index contributed by atoms with van der Waals surface area (Å²) in [5, 5.41) is 0. The van der Waals surface area contributed by atoms with Gasteiger partial charge in [-0.1, -0.05) is 13.8 Å². The Hall–Kier alpha value is -1.36. The van der Waals surface area contributed by atoms with Gasteiger partial charge in [-0.2, -0.15) is 4.98 Å². The van der Waals surface area contributed by atoms with Crippen molar-refractivity contribution in [3.8, 4) is 5.88 Å². The molecule has 5 nitrogen and oxygen atoms in total. The molecule has 0 spiro atoms. The summed E-state index contributed by atoms with van der Waals surface area (Å²) in [6, 6.07) is 1.74. The van der Waals surface area contributed by atoms with Gasteiger partial charge in [0.05, 0.1) is 0 Å². The van der Waals surface area contributed by atoms with Crippen LogP contribution in [0.5, 0.6) is 5.88 Å². The van der Waals surface area contributed by atoms with Gasteiger partial charge in [-0.15, -0.1) is 0 Å². The van der Waals surface area contributed by atoms with Crippen LogP contribution in [0.4, 0.5) is 5.82 Å². The van der Waals surface area contributed by atoms with E-state index in [9.17, 15) is 0 Å². The molecule has 1 fully saturated rings. The van der Waals surface area contributed by atoms with E-state index in [1.807, 2.05) is 6.92 Å². The van der Waals surface area contributed by atoms with Crippen LogP contribution in [0.25, 0.3) is 0 Å².